The Bertz CT molecular complexity index is 440. The molecule has 3 nitrogen and oxygen atoms in total. The zero-order valence-electron chi connectivity index (χ0n) is 7.95. The third-order valence-electron chi connectivity index (χ3n) is 1.70. The van der Waals surface area contributed by atoms with Crippen LogP contribution < -0.4 is 0 Å². The van der Waals surface area contributed by atoms with Gasteiger partial charge in [0, 0.05) is 8.47 Å². The summed E-state index contributed by atoms with van der Waals surface area (Å²) >= 11 is 6.15. The summed E-state index contributed by atoms with van der Waals surface area (Å²) in [7, 11) is 0. The van der Waals surface area contributed by atoms with Crippen LogP contribution in [0, 0.1) is 14.9 Å². The number of hydrogen-bond donors (Lipinski definition) is 1. The van der Waals surface area contributed by atoms with E-state index in [4.69, 9.17) is 10.00 Å². The Morgan fingerprint density at radius 3 is 2.87 bits per heavy atom. The van der Waals surface area contributed by atoms with E-state index in [0.29, 0.717) is 22.6 Å². The van der Waals surface area contributed by atoms with Gasteiger partial charge in [0.1, 0.15) is 6.07 Å². The van der Waals surface area contributed by atoms with Crippen LogP contribution in [-0.4, -0.2) is 12.6 Å². The maximum atomic E-state index is 11.5. The zero-order valence-corrected chi connectivity index (χ0v) is 11.0. The van der Waals surface area contributed by atoms with Crippen LogP contribution in [0.3, 0.4) is 0 Å². The number of esters is 1. The van der Waals surface area contributed by atoms with Crippen molar-refractivity contribution in [2.75, 3.05) is 6.61 Å². The number of thiol groups is 1. The van der Waals surface area contributed by atoms with Crippen molar-refractivity contribution in [3.05, 3.63) is 26.8 Å². The quantitative estimate of drug-likeness (QED) is 0.514. The van der Waals surface area contributed by atoms with Gasteiger partial charge in [-0.25, -0.2) is 4.79 Å². The summed E-state index contributed by atoms with van der Waals surface area (Å²) in [4.78, 5) is 11.9. The molecule has 0 amide bonds. The van der Waals surface area contributed by atoms with E-state index < -0.39 is 5.97 Å². The summed E-state index contributed by atoms with van der Waals surface area (Å²) in [5.74, 6) is -0.412. The van der Waals surface area contributed by atoms with Gasteiger partial charge < -0.3 is 4.74 Å². The number of rotatable bonds is 2. The fourth-order valence-electron chi connectivity index (χ4n) is 1.02. The number of carbonyl (C=O) groups excluding carboxylic acids is 1. The van der Waals surface area contributed by atoms with Crippen LogP contribution in [0.2, 0.25) is 0 Å². The highest BCUT2D eigenvalue weighted by Gasteiger charge is 2.13. The minimum Gasteiger partial charge on any atom is -0.462 e. The van der Waals surface area contributed by atoms with E-state index in [-0.39, 0.29) is 0 Å². The molecule has 0 heterocycles. The smallest absolute Gasteiger partial charge is 0.339 e. The second-order valence-electron chi connectivity index (χ2n) is 2.68. The third kappa shape index (κ3) is 2.86. The first-order chi connectivity index (χ1) is 7.10. The van der Waals surface area contributed by atoms with Gasteiger partial charge in [0.15, 0.2) is 0 Å². The maximum absolute atomic E-state index is 11.5. The second kappa shape index (κ2) is 5.37. The standard InChI is InChI=1S/C10H8INO2S/c1-2-14-10(13)7-4-8(11)6(5-12)3-9(7)15/h3-4,15H,2H2,1H3. The summed E-state index contributed by atoms with van der Waals surface area (Å²) in [6.07, 6.45) is 0. The normalized spacial score (nSPS) is 9.47. The van der Waals surface area contributed by atoms with E-state index in [1.54, 1.807) is 19.1 Å². The number of halogens is 1. The highest BCUT2D eigenvalue weighted by molar-refractivity contribution is 14.1. The van der Waals surface area contributed by atoms with Crippen molar-refractivity contribution in [1.82, 2.24) is 0 Å². The molecule has 0 saturated carbocycles. The highest BCUT2D eigenvalue weighted by atomic mass is 127. The number of nitriles is 1. The van der Waals surface area contributed by atoms with E-state index in [2.05, 4.69) is 12.6 Å². The number of carbonyl (C=O) groups is 1. The summed E-state index contributed by atoms with van der Waals surface area (Å²) in [5, 5.41) is 8.77. The Morgan fingerprint density at radius 1 is 1.67 bits per heavy atom. The van der Waals surface area contributed by atoms with Crippen LogP contribution >= 0.6 is 35.2 Å². The molecule has 1 rings (SSSR count). The Kier molecular flexibility index (Phi) is 4.42. The molecule has 0 aromatic heterocycles. The van der Waals surface area contributed by atoms with Crippen molar-refractivity contribution >= 4 is 41.2 Å². The first-order valence-electron chi connectivity index (χ1n) is 4.19. The van der Waals surface area contributed by atoms with Gasteiger partial charge >= 0.3 is 5.97 Å². The molecule has 0 aliphatic heterocycles. The molecule has 0 aliphatic carbocycles. The van der Waals surface area contributed by atoms with Gasteiger partial charge in [0.25, 0.3) is 0 Å². The molecule has 0 bridgehead atoms. The predicted molar refractivity (Wildman–Crippen MR) is 67.1 cm³/mol. The third-order valence-corrected chi connectivity index (χ3v) is 2.96. The van der Waals surface area contributed by atoms with E-state index >= 15 is 0 Å². The van der Waals surface area contributed by atoms with Gasteiger partial charge in [-0.3, -0.25) is 0 Å². The predicted octanol–water partition coefficient (Wildman–Crippen LogP) is 2.63. The largest absolute Gasteiger partial charge is 0.462 e. The molecule has 1 aromatic carbocycles. The van der Waals surface area contributed by atoms with Crippen LogP contribution in [0.5, 0.6) is 0 Å². The number of hydrogen-bond acceptors (Lipinski definition) is 4. The fraction of sp³-hybridized carbons (Fsp3) is 0.200. The molecular formula is C10H8INO2S. The SMILES string of the molecule is CCOC(=O)c1cc(I)c(C#N)cc1S. The van der Waals surface area contributed by atoms with Gasteiger partial charge in [0.2, 0.25) is 0 Å². The topological polar surface area (TPSA) is 50.1 Å². The van der Waals surface area contributed by atoms with E-state index in [0.717, 1.165) is 3.57 Å². The van der Waals surface area contributed by atoms with Crippen LogP contribution in [0.4, 0.5) is 0 Å². The van der Waals surface area contributed by atoms with Crippen molar-refractivity contribution < 1.29 is 9.53 Å². The van der Waals surface area contributed by atoms with Gasteiger partial charge in [-0.2, -0.15) is 5.26 Å². The zero-order chi connectivity index (χ0) is 11.4. The number of ether oxygens (including phenoxy) is 1. The minimum atomic E-state index is -0.412. The first kappa shape index (κ1) is 12.3. The van der Waals surface area contributed by atoms with E-state index in [1.807, 2.05) is 28.7 Å². The van der Waals surface area contributed by atoms with Gasteiger partial charge in [0.05, 0.1) is 17.7 Å². The number of nitrogens with zero attached hydrogens (tertiary/aromatic N) is 1. The van der Waals surface area contributed by atoms with Crippen molar-refractivity contribution in [3.8, 4) is 6.07 Å². The molecule has 5 heteroatoms. The summed E-state index contributed by atoms with van der Waals surface area (Å²) < 4.78 is 5.58. The average molecular weight is 333 g/mol. The van der Waals surface area contributed by atoms with E-state index in [1.165, 1.54) is 0 Å². The Morgan fingerprint density at radius 2 is 2.33 bits per heavy atom. The summed E-state index contributed by atoms with van der Waals surface area (Å²) in [5.41, 5.74) is 0.900. The first-order valence-corrected chi connectivity index (χ1v) is 5.72. The Labute approximate surface area is 107 Å². The lowest BCUT2D eigenvalue weighted by Crippen LogP contribution is -2.06. The molecule has 0 unspecified atom stereocenters. The highest BCUT2D eigenvalue weighted by Crippen LogP contribution is 2.22. The molecule has 0 saturated heterocycles. The maximum Gasteiger partial charge on any atom is 0.339 e. The lowest BCUT2D eigenvalue weighted by atomic mass is 10.1. The molecule has 1 aromatic rings. The number of benzene rings is 1. The van der Waals surface area contributed by atoms with Crippen molar-refractivity contribution in [3.63, 3.8) is 0 Å². The fourth-order valence-corrected chi connectivity index (χ4v) is 1.89. The molecule has 15 heavy (non-hydrogen) atoms. The van der Waals surface area contributed by atoms with Gasteiger partial charge in [-0.05, 0) is 41.6 Å². The molecule has 0 aliphatic rings. The Hall–Kier alpha value is -0.740. The molecule has 78 valence electrons. The summed E-state index contributed by atoms with van der Waals surface area (Å²) in [6.45, 7) is 2.06. The van der Waals surface area contributed by atoms with Crippen molar-refractivity contribution in [2.24, 2.45) is 0 Å². The lowest BCUT2D eigenvalue weighted by molar-refractivity contribution is 0.0522. The molecular weight excluding hydrogens is 325 g/mol. The van der Waals surface area contributed by atoms with Crippen LogP contribution in [0.1, 0.15) is 22.8 Å². The van der Waals surface area contributed by atoms with Crippen LogP contribution in [0.25, 0.3) is 0 Å². The van der Waals surface area contributed by atoms with Gasteiger partial charge in [-0.15, -0.1) is 12.6 Å². The van der Waals surface area contributed by atoms with E-state index in [9.17, 15) is 4.79 Å². The molecule has 0 atom stereocenters. The monoisotopic (exact) mass is 333 g/mol. The van der Waals surface area contributed by atoms with Crippen molar-refractivity contribution in [2.45, 2.75) is 11.8 Å². The van der Waals surface area contributed by atoms with Crippen molar-refractivity contribution in [1.29, 1.82) is 5.26 Å². The molecule has 0 radical (unpaired) electrons. The summed E-state index contributed by atoms with van der Waals surface area (Å²) in [6, 6.07) is 5.20. The second-order valence-corrected chi connectivity index (χ2v) is 4.33. The van der Waals surface area contributed by atoms with Gasteiger partial charge in [-0.1, -0.05) is 0 Å². The average Bonchev–Trinajstić information content (AvgIpc) is 2.21. The Balaban J connectivity index is 3.17. The molecule has 0 spiro atoms. The van der Waals surface area contributed by atoms with Crippen LogP contribution in [-0.2, 0) is 4.74 Å². The lowest BCUT2D eigenvalue weighted by Gasteiger charge is -2.06. The molecule has 0 N–H and O–H groups in total. The van der Waals surface area contributed by atoms with Crippen LogP contribution in [0.15, 0.2) is 17.0 Å². The minimum absolute atomic E-state index is 0.322. The molecule has 0 fully saturated rings.